The topological polar surface area (TPSA) is 117 Å². The quantitative estimate of drug-likeness (QED) is 0.249. The molecule has 0 radical (unpaired) electrons. The Bertz CT molecular complexity index is 1480. The molecule has 0 spiro atoms. The van der Waals surface area contributed by atoms with Crippen LogP contribution in [0.1, 0.15) is 31.9 Å². The predicted octanol–water partition coefficient (Wildman–Crippen LogP) is 5.23. The average Bonchev–Trinajstić information content (AvgIpc) is 3.42. The monoisotopic (exact) mass is 474 g/mol. The number of nitrogens with one attached hydrogen (secondary N) is 1. The Morgan fingerprint density at radius 1 is 1.03 bits per heavy atom. The van der Waals surface area contributed by atoms with Crippen molar-refractivity contribution in [1.82, 2.24) is 9.53 Å². The average molecular weight is 475 g/mol. The fourth-order valence-electron chi connectivity index (χ4n) is 4.20. The maximum absolute atomic E-state index is 11.3. The number of hydrogen-bond acceptors (Lipinski definition) is 8. The number of benzene rings is 3. The molecule has 5 aromatic rings. The Kier molecular flexibility index (Phi) is 5.31. The van der Waals surface area contributed by atoms with Crippen LogP contribution in [0.5, 0.6) is 0 Å². The molecule has 2 heterocycles. The van der Waals surface area contributed by atoms with Crippen LogP contribution >= 0.6 is 11.5 Å². The van der Waals surface area contributed by atoms with Crippen molar-refractivity contribution in [2.45, 2.75) is 32.0 Å². The molecule has 0 saturated heterocycles. The zero-order valence-electron chi connectivity index (χ0n) is 19.2. The summed E-state index contributed by atoms with van der Waals surface area (Å²) in [5.41, 5.74) is 8.50. The second kappa shape index (κ2) is 8.09. The van der Waals surface area contributed by atoms with Gasteiger partial charge in [-0.15, -0.1) is 0 Å². The standard InChI is InChI=1S/C26H26N4O3S/c1-25(2,31)19-10-17-22(33-30-24(17)15-7-5-4-6-8-15)12-21(19)28-14-26(3,32)18-11-23-16(9-20(18)27)13-29-34-23/h4-13,28,31-32H,14,27H2,1-3H3. The van der Waals surface area contributed by atoms with Gasteiger partial charge < -0.3 is 25.8 Å². The first kappa shape index (κ1) is 22.3. The van der Waals surface area contributed by atoms with Gasteiger partial charge >= 0.3 is 0 Å². The first-order chi connectivity index (χ1) is 16.1. The molecule has 0 aliphatic rings. The number of aromatic nitrogens is 2. The molecule has 5 rings (SSSR count). The Balaban J connectivity index is 1.52. The summed E-state index contributed by atoms with van der Waals surface area (Å²) in [6.45, 7) is 5.32. The van der Waals surface area contributed by atoms with Crippen molar-refractivity contribution in [3.63, 3.8) is 0 Å². The number of anilines is 2. The van der Waals surface area contributed by atoms with Crippen LogP contribution in [0.3, 0.4) is 0 Å². The lowest BCUT2D eigenvalue weighted by atomic mass is 9.91. The van der Waals surface area contributed by atoms with Crippen molar-refractivity contribution in [3.8, 4) is 11.3 Å². The molecule has 174 valence electrons. The minimum absolute atomic E-state index is 0.162. The largest absolute Gasteiger partial charge is 0.398 e. The van der Waals surface area contributed by atoms with E-state index in [1.165, 1.54) is 11.5 Å². The summed E-state index contributed by atoms with van der Waals surface area (Å²) in [4.78, 5) is 0. The van der Waals surface area contributed by atoms with Gasteiger partial charge in [0.1, 0.15) is 11.3 Å². The Hall–Kier alpha value is -3.46. The second-order valence-corrected chi connectivity index (χ2v) is 10.1. The van der Waals surface area contributed by atoms with Crippen LogP contribution in [0, 0.1) is 0 Å². The molecule has 1 unspecified atom stereocenters. The summed E-state index contributed by atoms with van der Waals surface area (Å²) in [5, 5.41) is 31.6. The van der Waals surface area contributed by atoms with Gasteiger partial charge in [0.05, 0.1) is 15.7 Å². The van der Waals surface area contributed by atoms with E-state index in [9.17, 15) is 10.2 Å². The fraction of sp³-hybridized carbons (Fsp3) is 0.231. The Morgan fingerprint density at radius 2 is 1.79 bits per heavy atom. The summed E-state index contributed by atoms with van der Waals surface area (Å²) in [7, 11) is 0. The molecule has 0 saturated carbocycles. The van der Waals surface area contributed by atoms with Gasteiger partial charge in [-0.1, -0.05) is 35.5 Å². The van der Waals surface area contributed by atoms with E-state index in [1.54, 1.807) is 27.0 Å². The molecule has 0 bridgehead atoms. The highest BCUT2D eigenvalue weighted by Crippen LogP contribution is 2.38. The zero-order valence-corrected chi connectivity index (χ0v) is 20.0. The molecule has 34 heavy (non-hydrogen) atoms. The van der Waals surface area contributed by atoms with E-state index in [2.05, 4.69) is 14.8 Å². The van der Waals surface area contributed by atoms with E-state index in [1.807, 2.05) is 54.6 Å². The van der Waals surface area contributed by atoms with Crippen LogP contribution in [0.15, 0.2) is 65.3 Å². The molecule has 8 heteroatoms. The molecule has 0 aliphatic carbocycles. The molecule has 0 fully saturated rings. The summed E-state index contributed by atoms with van der Waals surface area (Å²) >= 11 is 1.36. The van der Waals surface area contributed by atoms with Gasteiger partial charge in [-0.3, -0.25) is 0 Å². The van der Waals surface area contributed by atoms with Gasteiger partial charge in [0, 0.05) is 52.3 Å². The van der Waals surface area contributed by atoms with Crippen molar-refractivity contribution in [1.29, 1.82) is 0 Å². The molecule has 3 aromatic carbocycles. The fourth-order valence-corrected chi connectivity index (χ4v) is 4.87. The molecule has 2 aromatic heterocycles. The highest BCUT2D eigenvalue weighted by molar-refractivity contribution is 7.13. The van der Waals surface area contributed by atoms with Gasteiger partial charge in [-0.2, -0.15) is 4.37 Å². The summed E-state index contributed by atoms with van der Waals surface area (Å²) < 4.78 is 10.8. The molecular weight excluding hydrogens is 448 g/mol. The molecule has 5 N–H and O–H groups in total. The normalized spacial score (nSPS) is 13.9. The van der Waals surface area contributed by atoms with Crippen molar-refractivity contribution in [2.75, 3.05) is 17.6 Å². The summed E-state index contributed by atoms with van der Waals surface area (Å²) in [6.07, 6.45) is 1.76. The number of aliphatic hydroxyl groups is 2. The van der Waals surface area contributed by atoms with Crippen LogP contribution in [0.4, 0.5) is 11.4 Å². The first-order valence-electron chi connectivity index (χ1n) is 11.0. The highest BCUT2D eigenvalue weighted by atomic mass is 32.1. The van der Waals surface area contributed by atoms with E-state index in [4.69, 9.17) is 10.3 Å². The third-order valence-electron chi connectivity index (χ3n) is 6.04. The number of fused-ring (bicyclic) bond motifs is 2. The lowest BCUT2D eigenvalue weighted by Gasteiger charge is -2.28. The molecular formula is C26H26N4O3S. The minimum Gasteiger partial charge on any atom is -0.398 e. The van der Waals surface area contributed by atoms with E-state index in [0.29, 0.717) is 33.8 Å². The van der Waals surface area contributed by atoms with Crippen LogP contribution in [-0.2, 0) is 11.2 Å². The van der Waals surface area contributed by atoms with Gasteiger partial charge in [-0.05, 0) is 50.5 Å². The van der Waals surface area contributed by atoms with Gasteiger partial charge in [0.25, 0.3) is 0 Å². The SMILES string of the molecule is CC(C)(O)c1cc2c(-c3ccccc3)noc2cc1NCC(C)(O)c1cc2sncc2cc1N. The summed E-state index contributed by atoms with van der Waals surface area (Å²) in [5.74, 6) is 0. The number of nitrogens with two attached hydrogens (primary N) is 1. The first-order valence-corrected chi connectivity index (χ1v) is 11.7. The Labute approximate surface area is 201 Å². The lowest BCUT2D eigenvalue weighted by Crippen LogP contribution is -2.32. The van der Waals surface area contributed by atoms with Crippen LogP contribution in [0.25, 0.3) is 32.3 Å². The number of nitrogen functional groups attached to an aromatic ring is 1. The maximum Gasteiger partial charge on any atom is 0.169 e. The van der Waals surface area contributed by atoms with Crippen LogP contribution < -0.4 is 11.1 Å². The van der Waals surface area contributed by atoms with E-state index >= 15 is 0 Å². The highest BCUT2D eigenvalue weighted by Gasteiger charge is 2.29. The Morgan fingerprint density at radius 3 is 2.53 bits per heavy atom. The van der Waals surface area contributed by atoms with Gasteiger partial charge in [0.2, 0.25) is 0 Å². The zero-order chi connectivity index (χ0) is 24.1. The minimum atomic E-state index is -1.27. The second-order valence-electron chi connectivity index (χ2n) is 9.28. The van der Waals surface area contributed by atoms with Crippen molar-refractivity contribution >= 4 is 44.0 Å². The van der Waals surface area contributed by atoms with Crippen molar-refractivity contribution < 1.29 is 14.7 Å². The van der Waals surface area contributed by atoms with E-state index in [-0.39, 0.29) is 6.54 Å². The third kappa shape index (κ3) is 4.00. The smallest absolute Gasteiger partial charge is 0.169 e. The summed E-state index contributed by atoms with van der Waals surface area (Å²) in [6, 6.07) is 17.2. The van der Waals surface area contributed by atoms with E-state index < -0.39 is 11.2 Å². The van der Waals surface area contributed by atoms with Crippen LogP contribution in [0.2, 0.25) is 0 Å². The van der Waals surface area contributed by atoms with Crippen molar-refractivity contribution in [3.05, 3.63) is 71.9 Å². The maximum atomic E-state index is 11.3. The van der Waals surface area contributed by atoms with Crippen molar-refractivity contribution in [2.24, 2.45) is 0 Å². The molecule has 7 nitrogen and oxygen atoms in total. The number of hydrogen-bond donors (Lipinski definition) is 4. The van der Waals surface area contributed by atoms with Gasteiger partial charge in [-0.25, -0.2) is 0 Å². The van der Waals surface area contributed by atoms with E-state index in [0.717, 1.165) is 21.0 Å². The number of rotatable bonds is 6. The number of nitrogens with zero attached hydrogens (tertiary/aromatic N) is 2. The lowest BCUT2D eigenvalue weighted by molar-refractivity contribution is 0.0706. The molecule has 1 atom stereocenters. The third-order valence-corrected chi connectivity index (χ3v) is 6.81. The molecule has 0 aliphatic heterocycles. The predicted molar refractivity (Wildman–Crippen MR) is 137 cm³/mol. The van der Waals surface area contributed by atoms with Gasteiger partial charge in [0.15, 0.2) is 5.58 Å². The molecule has 0 amide bonds. The van der Waals surface area contributed by atoms with Crippen LogP contribution in [-0.4, -0.2) is 26.3 Å².